The number of carbonyl (C=O) groups is 1. The molecule has 0 saturated carbocycles. The van der Waals surface area contributed by atoms with Crippen LogP contribution in [0.1, 0.15) is 27.3 Å². The van der Waals surface area contributed by atoms with Gasteiger partial charge in [-0.2, -0.15) is 0 Å². The number of hydrogen-bond donors (Lipinski definition) is 1. The largest absolute Gasteiger partial charge is 0.389 e. The maximum Gasteiger partial charge on any atom is 0.256 e. The van der Waals surface area contributed by atoms with Crippen LogP contribution in [0.25, 0.3) is 5.69 Å². The van der Waals surface area contributed by atoms with Crippen molar-refractivity contribution in [3.05, 3.63) is 52.8 Å². The van der Waals surface area contributed by atoms with Crippen LogP contribution in [0.4, 0.5) is 0 Å². The highest BCUT2D eigenvalue weighted by atomic mass is 16.3. The van der Waals surface area contributed by atoms with Gasteiger partial charge < -0.3 is 14.6 Å². The molecule has 1 fully saturated rings. The van der Waals surface area contributed by atoms with Crippen molar-refractivity contribution in [1.82, 2.24) is 9.47 Å². The van der Waals surface area contributed by atoms with Crippen LogP contribution in [0.5, 0.6) is 0 Å². The minimum Gasteiger partial charge on any atom is -0.389 e. The topological polar surface area (TPSA) is 45.5 Å². The first-order valence-electron chi connectivity index (χ1n) is 7.20. The van der Waals surface area contributed by atoms with E-state index < -0.39 is 0 Å². The maximum atomic E-state index is 12.7. The summed E-state index contributed by atoms with van der Waals surface area (Å²) in [4.78, 5) is 14.4. The van der Waals surface area contributed by atoms with Gasteiger partial charge in [0, 0.05) is 24.5 Å². The molecule has 1 N–H and O–H groups in total. The molecule has 0 bridgehead atoms. The minimum atomic E-state index is -0.378. The number of benzene rings is 1. The molecular formula is C17H20N2O2. The molecule has 3 rings (SSSR count). The van der Waals surface area contributed by atoms with Crippen molar-refractivity contribution in [2.24, 2.45) is 0 Å². The number of aliphatic hydroxyl groups is 1. The summed E-state index contributed by atoms with van der Waals surface area (Å²) in [7, 11) is 0. The van der Waals surface area contributed by atoms with E-state index in [9.17, 15) is 9.90 Å². The van der Waals surface area contributed by atoms with E-state index in [1.807, 2.05) is 39.0 Å². The number of amides is 1. The fraction of sp³-hybridized carbons (Fsp3) is 0.353. The molecule has 1 aromatic heterocycles. The van der Waals surface area contributed by atoms with E-state index in [1.165, 1.54) is 0 Å². The van der Waals surface area contributed by atoms with Crippen molar-refractivity contribution in [3.8, 4) is 5.69 Å². The molecule has 21 heavy (non-hydrogen) atoms. The Hall–Kier alpha value is -2.07. The van der Waals surface area contributed by atoms with Gasteiger partial charge in [-0.3, -0.25) is 4.79 Å². The Labute approximate surface area is 124 Å². The van der Waals surface area contributed by atoms with Crippen molar-refractivity contribution in [2.75, 3.05) is 13.1 Å². The van der Waals surface area contributed by atoms with E-state index in [1.54, 1.807) is 4.90 Å². The van der Waals surface area contributed by atoms with Crippen LogP contribution in [0, 0.1) is 20.8 Å². The number of aliphatic hydroxyl groups excluding tert-OH is 1. The van der Waals surface area contributed by atoms with Gasteiger partial charge >= 0.3 is 0 Å². The zero-order valence-electron chi connectivity index (χ0n) is 12.6. The Balaban J connectivity index is 2.07. The quantitative estimate of drug-likeness (QED) is 0.919. The lowest BCUT2D eigenvalue weighted by molar-refractivity contribution is 0.00589. The van der Waals surface area contributed by atoms with Gasteiger partial charge in [0.05, 0.1) is 17.4 Å². The molecule has 0 radical (unpaired) electrons. The molecule has 0 spiro atoms. The average Bonchev–Trinajstić information content (AvgIpc) is 2.74. The van der Waals surface area contributed by atoms with Crippen molar-refractivity contribution in [2.45, 2.75) is 26.9 Å². The predicted molar refractivity (Wildman–Crippen MR) is 81.9 cm³/mol. The highest BCUT2D eigenvalue weighted by Gasteiger charge is 2.31. The first kappa shape index (κ1) is 13.9. The van der Waals surface area contributed by atoms with Gasteiger partial charge in [-0.25, -0.2) is 0 Å². The third-order valence-electron chi connectivity index (χ3n) is 4.04. The molecule has 4 nitrogen and oxygen atoms in total. The van der Waals surface area contributed by atoms with Crippen LogP contribution < -0.4 is 0 Å². The fourth-order valence-electron chi connectivity index (χ4n) is 2.86. The molecular weight excluding hydrogens is 264 g/mol. The van der Waals surface area contributed by atoms with E-state index >= 15 is 0 Å². The Morgan fingerprint density at radius 2 is 1.71 bits per heavy atom. The highest BCUT2D eigenvalue weighted by Crippen LogP contribution is 2.24. The molecule has 0 atom stereocenters. The normalized spacial score (nSPS) is 15.1. The van der Waals surface area contributed by atoms with Crippen molar-refractivity contribution >= 4 is 5.91 Å². The summed E-state index contributed by atoms with van der Waals surface area (Å²) in [6.07, 6.45) is -0.378. The number of aryl methyl sites for hydroxylation is 3. The number of hydrogen-bond acceptors (Lipinski definition) is 2. The Kier molecular flexibility index (Phi) is 3.33. The smallest absolute Gasteiger partial charge is 0.256 e. The number of carbonyl (C=O) groups excluding carboxylic acids is 1. The van der Waals surface area contributed by atoms with Crippen LogP contribution in [0.2, 0.25) is 0 Å². The lowest BCUT2D eigenvalue weighted by Crippen LogP contribution is -2.53. The molecule has 1 aliphatic heterocycles. The second kappa shape index (κ2) is 5.04. The summed E-state index contributed by atoms with van der Waals surface area (Å²) in [6.45, 7) is 6.91. The lowest BCUT2D eigenvalue weighted by atomic mass is 10.0. The number of rotatable bonds is 2. The molecule has 2 heterocycles. The molecule has 1 aliphatic rings. The Morgan fingerprint density at radius 1 is 1.10 bits per heavy atom. The zero-order valence-corrected chi connectivity index (χ0v) is 12.6. The molecule has 0 unspecified atom stereocenters. The highest BCUT2D eigenvalue weighted by molar-refractivity contribution is 5.98. The average molecular weight is 284 g/mol. The predicted octanol–water partition coefficient (Wildman–Crippen LogP) is 2.22. The minimum absolute atomic E-state index is 0.00787. The fourth-order valence-corrected chi connectivity index (χ4v) is 2.86. The summed E-state index contributed by atoms with van der Waals surface area (Å²) >= 11 is 0. The van der Waals surface area contributed by atoms with Gasteiger partial charge in [0.15, 0.2) is 0 Å². The van der Waals surface area contributed by atoms with Gasteiger partial charge in [-0.05, 0) is 45.0 Å². The van der Waals surface area contributed by atoms with Crippen LogP contribution in [-0.2, 0) is 0 Å². The summed E-state index contributed by atoms with van der Waals surface area (Å²) in [5.74, 6) is -0.00787. The van der Waals surface area contributed by atoms with Crippen LogP contribution in [-0.4, -0.2) is 39.7 Å². The van der Waals surface area contributed by atoms with Gasteiger partial charge in [0.2, 0.25) is 0 Å². The van der Waals surface area contributed by atoms with E-state index in [-0.39, 0.29) is 12.0 Å². The summed E-state index contributed by atoms with van der Waals surface area (Å²) < 4.78 is 2.10. The molecule has 1 saturated heterocycles. The van der Waals surface area contributed by atoms with Crippen LogP contribution in [0.15, 0.2) is 30.3 Å². The van der Waals surface area contributed by atoms with Crippen LogP contribution in [0.3, 0.4) is 0 Å². The SMILES string of the molecule is Cc1ccc(-n2c(C)ccc2C)c(C(=O)N2CC(O)C2)c1. The van der Waals surface area contributed by atoms with E-state index in [0.29, 0.717) is 18.7 Å². The van der Waals surface area contributed by atoms with E-state index in [2.05, 4.69) is 16.7 Å². The van der Waals surface area contributed by atoms with E-state index in [4.69, 9.17) is 0 Å². The van der Waals surface area contributed by atoms with E-state index in [0.717, 1.165) is 22.6 Å². The Morgan fingerprint density at radius 3 is 2.29 bits per heavy atom. The number of aromatic nitrogens is 1. The van der Waals surface area contributed by atoms with Gasteiger partial charge in [0.1, 0.15) is 0 Å². The van der Waals surface area contributed by atoms with Crippen molar-refractivity contribution in [3.63, 3.8) is 0 Å². The van der Waals surface area contributed by atoms with Crippen molar-refractivity contribution < 1.29 is 9.90 Å². The summed E-state index contributed by atoms with van der Waals surface area (Å²) in [6, 6.07) is 10.1. The number of likely N-dealkylation sites (tertiary alicyclic amines) is 1. The Bertz CT molecular complexity index is 677. The summed E-state index contributed by atoms with van der Waals surface area (Å²) in [5, 5.41) is 9.41. The molecule has 2 aromatic rings. The van der Waals surface area contributed by atoms with Gasteiger partial charge in [-0.1, -0.05) is 11.6 Å². The maximum absolute atomic E-state index is 12.7. The standard InChI is InChI=1S/C17H20N2O2/c1-11-4-7-16(19-12(2)5-6-13(19)3)15(8-11)17(21)18-9-14(20)10-18/h4-8,14,20H,9-10H2,1-3H3. The number of β-amino-alcohol motifs (C(OH)–C–C–N with tert-alkyl or cyclic N) is 1. The monoisotopic (exact) mass is 284 g/mol. The first-order chi connectivity index (χ1) is 9.97. The van der Waals surface area contributed by atoms with Crippen LogP contribution >= 0.6 is 0 Å². The third-order valence-corrected chi connectivity index (χ3v) is 4.04. The zero-order chi connectivity index (χ0) is 15.1. The second-order valence-electron chi connectivity index (χ2n) is 5.84. The molecule has 4 heteroatoms. The molecule has 0 aliphatic carbocycles. The second-order valence-corrected chi connectivity index (χ2v) is 5.84. The third kappa shape index (κ3) is 2.36. The summed E-state index contributed by atoms with van der Waals surface area (Å²) in [5.41, 5.74) is 4.88. The van der Waals surface area contributed by atoms with Crippen molar-refractivity contribution in [1.29, 1.82) is 0 Å². The number of nitrogens with zero attached hydrogens (tertiary/aromatic N) is 2. The lowest BCUT2D eigenvalue weighted by Gasteiger charge is -2.36. The molecule has 1 aromatic carbocycles. The van der Waals surface area contributed by atoms with Gasteiger partial charge in [0.25, 0.3) is 5.91 Å². The first-order valence-corrected chi connectivity index (χ1v) is 7.20. The van der Waals surface area contributed by atoms with Gasteiger partial charge in [-0.15, -0.1) is 0 Å². The molecule has 110 valence electrons. The molecule has 1 amide bonds.